The molecule has 0 aliphatic rings. The van der Waals surface area contributed by atoms with Crippen LogP contribution in [0.5, 0.6) is 17.2 Å². The van der Waals surface area contributed by atoms with Crippen LogP contribution in [-0.2, 0) is 16.0 Å². The van der Waals surface area contributed by atoms with Gasteiger partial charge in [0.25, 0.3) is 0 Å². The maximum atomic E-state index is 12.7. The van der Waals surface area contributed by atoms with Crippen molar-refractivity contribution < 1.29 is 33.3 Å². The van der Waals surface area contributed by atoms with Gasteiger partial charge in [0.2, 0.25) is 0 Å². The lowest BCUT2D eigenvalue weighted by Gasteiger charge is -2.09. The number of benzene rings is 4. The number of aryl methyl sites for hydroxylation is 1. The van der Waals surface area contributed by atoms with E-state index in [9.17, 15) is 14.4 Å². The Morgan fingerprint density at radius 2 is 0.920 bits per heavy atom. The Bertz CT molecular complexity index is 1760. The van der Waals surface area contributed by atoms with Gasteiger partial charge in [0.05, 0.1) is 35.8 Å². The largest absolute Gasteiger partial charge is 0.494 e. The fraction of sp³-hybridized carbons (Fsp3) is 0.293. The highest BCUT2D eigenvalue weighted by Gasteiger charge is 2.12. The summed E-state index contributed by atoms with van der Waals surface area (Å²) in [5.74, 6) is 0.426. The maximum absolute atomic E-state index is 12.7. The molecule has 0 aliphatic heterocycles. The van der Waals surface area contributed by atoms with E-state index in [0.29, 0.717) is 60.9 Å². The van der Waals surface area contributed by atoms with Crippen molar-refractivity contribution in [3.8, 4) is 17.2 Å². The molecule has 0 saturated carbocycles. The first-order chi connectivity index (χ1) is 24.3. The first kappa shape index (κ1) is 37.3. The van der Waals surface area contributed by atoms with E-state index in [2.05, 4.69) is 17.1 Å². The van der Waals surface area contributed by atoms with Crippen LogP contribution in [0.1, 0.15) is 97.2 Å². The van der Waals surface area contributed by atoms with Gasteiger partial charge in [0, 0.05) is 6.42 Å². The van der Waals surface area contributed by atoms with E-state index in [1.165, 1.54) is 0 Å². The Hall–Kier alpha value is -5.57. The van der Waals surface area contributed by atoms with Crippen LogP contribution >= 0.6 is 0 Å². The Kier molecular flexibility index (Phi) is 14.5. The second-order valence-corrected chi connectivity index (χ2v) is 11.3. The zero-order valence-corrected chi connectivity index (χ0v) is 29.1. The van der Waals surface area contributed by atoms with Crippen LogP contribution in [0.2, 0.25) is 0 Å². The molecule has 4 rings (SSSR count). The van der Waals surface area contributed by atoms with Crippen LogP contribution in [0.15, 0.2) is 107 Å². The number of carbonyl (C=O) groups excluding carboxylic acids is 3. The Labute approximate surface area is 294 Å². The van der Waals surface area contributed by atoms with Gasteiger partial charge in [-0.05, 0) is 134 Å². The summed E-state index contributed by atoms with van der Waals surface area (Å²) in [5.41, 5.74) is 5.39. The van der Waals surface area contributed by atoms with Crippen LogP contribution in [-0.4, -0.2) is 42.5 Å². The predicted octanol–water partition coefficient (Wildman–Crippen LogP) is 8.81. The van der Waals surface area contributed by atoms with Crippen molar-refractivity contribution in [1.82, 2.24) is 0 Å². The summed E-state index contributed by atoms with van der Waals surface area (Å²) in [6.07, 6.45) is 4.05. The summed E-state index contributed by atoms with van der Waals surface area (Å²) in [4.78, 5) is 36.5. The molecule has 9 nitrogen and oxygen atoms in total. The Balaban J connectivity index is 1.30. The zero-order valence-electron chi connectivity index (χ0n) is 29.1. The van der Waals surface area contributed by atoms with E-state index >= 15 is 0 Å². The lowest BCUT2D eigenvalue weighted by Crippen LogP contribution is -2.09. The van der Waals surface area contributed by atoms with E-state index < -0.39 is 11.9 Å². The van der Waals surface area contributed by atoms with Crippen molar-refractivity contribution >= 4 is 29.3 Å². The number of carbonyl (C=O) groups is 3. The molecule has 0 amide bonds. The average Bonchev–Trinajstić information content (AvgIpc) is 3.16. The number of rotatable bonds is 17. The summed E-state index contributed by atoms with van der Waals surface area (Å²) in [7, 11) is 0. The van der Waals surface area contributed by atoms with Crippen molar-refractivity contribution in [2.75, 3.05) is 13.2 Å². The molecule has 0 aliphatic carbocycles. The summed E-state index contributed by atoms with van der Waals surface area (Å²) in [6.45, 7) is 8.71. The van der Waals surface area contributed by atoms with E-state index in [0.717, 1.165) is 47.4 Å². The van der Waals surface area contributed by atoms with E-state index in [1.54, 1.807) is 67.6 Å². The summed E-state index contributed by atoms with van der Waals surface area (Å²) >= 11 is 0. The minimum Gasteiger partial charge on any atom is -0.494 e. The normalized spacial score (nSPS) is 11.5. The van der Waals surface area contributed by atoms with Gasteiger partial charge in [-0.3, -0.25) is 4.79 Å². The van der Waals surface area contributed by atoms with Gasteiger partial charge in [-0.2, -0.15) is 10.2 Å². The monoisotopic (exact) mass is 676 g/mol. The van der Waals surface area contributed by atoms with Gasteiger partial charge in [-0.1, -0.05) is 39.8 Å². The zero-order chi connectivity index (χ0) is 35.7. The summed E-state index contributed by atoms with van der Waals surface area (Å²) < 4.78 is 21.9. The minimum absolute atomic E-state index is 0.202. The Morgan fingerprint density at radius 3 is 1.36 bits per heavy atom. The first-order valence-electron chi connectivity index (χ1n) is 17.1. The molecule has 4 aromatic rings. The second kappa shape index (κ2) is 19.4. The van der Waals surface area contributed by atoms with Crippen molar-refractivity contribution in [3.05, 3.63) is 125 Å². The molecule has 4 aromatic carbocycles. The molecule has 0 heterocycles. The van der Waals surface area contributed by atoms with Crippen molar-refractivity contribution in [2.24, 2.45) is 10.2 Å². The average molecular weight is 677 g/mol. The third-order valence-electron chi connectivity index (χ3n) is 7.80. The lowest BCUT2D eigenvalue weighted by atomic mass is 10.1. The molecule has 0 spiro atoms. The number of ether oxygens (including phenoxy) is 4. The molecular weight excluding hydrogens is 632 g/mol. The summed E-state index contributed by atoms with van der Waals surface area (Å²) in [5, 5.41) is 9.11. The number of hydrogen-bond acceptors (Lipinski definition) is 9. The third-order valence-corrected chi connectivity index (χ3v) is 7.80. The topological polar surface area (TPSA) is 113 Å². The number of nitrogens with zero attached hydrogens (tertiary/aromatic N) is 2. The van der Waals surface area contributed by atoms with Crippen LogP contribution in [0.4, 0.5) is 0 Å². The van der Waals surface area contributed by atoms with Crippen LogP contribution in [0.25, 0.3) is 0 Å². The SMILES string of the molecule is CCC(=O)OCCCCOc1ccc(C(=O)Oc2ccc(/C(CC)=N/N=C(\CC)c3ccc(OC(=O)c4ccc(CC)cc4)cc3)cc2)cc1. The molecule has 0 saturated heterocycles. The minimum atomic E-state index is -0.477. The highest BCUT2D eigenvalue weighted by atomic mass is 16.5. The second-order valence-electron chi connectivity index (χ2n) is 11.3. The molecule has 0 fully saturated rings. The molecular formula is C41H44N2O7. The summed E-state index contributed by atoms with van der Waals surface area (Å²) in [6, 6.07) is 28.6. The van der Waals surface area contributed by atoms with E-state index in [-0.39, 0.29) is 5.97 Å². The number of esters is 3. The molecule has 0 bridgehead atoms. The molecule has 0 unspecified atom stereocenters. The van der Waals surface area contributed by atoms with Gasteiger partial charge in [0.15, 0.2) is 0 Å². The standard InChI is InChI=1S/C41H44N2O7/c1-5-29-11-13-32(14-12-29)40(45)49-35-23-15-30(16-24-35)37(6-2)42-43-38(7-3)31-17-25-36(26-18-31)50-41(46)33-19-21-34(22-20-33)47-27-9-10-28-48-39(44)8-4/h11-26H,5-10,27-28H2,1-4H3/b42-37+,43-38+. The van der Waals surface area contributed by atoms with Crippen LogP contribution in [0.3, 0.4) is 0 Å². The van der Waals surface area contributed by atoms with Crippen molar-refractivity contribution in [1.29, 1.82) is 0 Å². The lowest BCUT2D eigenvalue weighted by molar-refractivity contribution is -0.143. The molecule has 0 radical (unpaired) electrons. The predicted molar refractivity (Wildman–Crippen MR) is 195 cm³/mol. The highest BCUT2D eigenvalue weighted by molar-refractivity contribution is 6.03. The molecule has 260 valence electrons. The van der Waals surface area contributed by atoms with Gasteiger partial charge >= 0.3 is 17.9 Å². The number of hydrogen-bond donors (Lipinski definition) is 0. The van der Waals surface area contributed by atoms with Crippen LogP contribution < -0.4 is 14.2 Å². The van der Waals surface area contributed by atoms with Crippen LogP contribution in [0, 0.1) is 0 Å². The van der Waals surface area contributed by atoms with Gasteiger partial charge in [-0.25, -0.2) is 9.59 Å². The quantitative estimate of drug-likeness (QED) is 0.0361. The van der Waals surface area contributed by atoms with E-state index in [1.807, 2.05) is 50.2 Å². The fourth-order valence-electron chi connectivity index (χ4n) is 4.79. The molecule has 50 heavy (non-hydrogen) atoms. The first-order valence-corrected chi connectivity index (χ1v) is 17.1. The molecule has 9 heteroatoms. The Morgan fingerprint density at radius 1 is 0.500 bits per heavy atom. The smallest absolute Gasteiger partial charge is 0.343 e. The highest BCUT2D eigenvalue weighted by Crippen LogP contribution is 2.20. The molecule has 0 atom stereocenters. The molecule has 0 N–H and O–H groups in total. The van der Waals surface area contributed by atoms with Crippen molar-refractivity contribution in [2.45, 2.75) is 66.2 Å². The van der Waals surface area contributed by atoms with Gasteiger partial charge < -0.3 is 18.9 Å². The fourth-order valence-corrected chi connectivity index (χ4v) is 4.79. The van der Waals surface area contributed by atoms with E-state index in [4.69, 9.17) is 18.9 Å². The van der Waals surface area contributed by atoms with Gasteiger partial charge in [-0.15, -0.1) is 0 Å². The molecule has 0 aromatic heterocycles. The third kappa shape index (κ3) is 11.3. The number of unbranched alkanes of at least 4 members (excludes halogenated alkanes) is 1. The van der Waals surface area contributed by atoms with Crippen molar-refractivity contribution in [3.63, 3.8) is 0 Å². The maximum Gasteiger partial charge on any atom is 0.343 e. The van der Waals surface area contributed by atoms with Gasteiger partial charge in [0.1, 0.15) is 17.2 Å².